The second-order valence-electron chi connectivity index (χ2n) is 3.03. The van der Waals surface area contributed by atoms with Crippen molar-refractivity contribution in [3.63, 3.8) is 0 Å². The lowest BCUT2D eigenvalue weighted by Crippen LogP contribution is -2.37. The number of hydrogen-bond acceptors (Lipinski definition) is 3. The molecule has 0 aliphatic carbocycles. The number of hydrogen-bond donors (Lipinski definition) is 1. The molecule has 1 aliphatic rings. The SMILES string of the molecule is C/C=C/S(=O)(=O)C1CCCNC1. The lowest BCUT2D eigenvalue weighted by molar-refractivity contribution is 0.501. The standard InChI is InChI=1S/C8H15NO2S/c1-2-6-12(10,11)8-4-3-5-9-7-8/h2,6,8-9H,3-5,7H2,1H3/b6-2+. The molecule has 1 atom stereocenters. The van der Waals surface area contributed by atoms with Crippen LogP contribution in [0.2, 0.25) is 0 Å². The molecule has 4 heteroatoms. The molecular weight excluding hydrogens is 174 g/mol. The van der Waals surface area contributed by atoms with Crippen LogP contribution in [0.25, 0.3) is 0 Å². The zero-order chi connectivity index (χ0) is 9.03. The molecule has 0 spiro atoms. The molecule has 0 aromatic rings. The van der Waals surface area contributed by atoms with Crippen molar-refractivity contribution in [3.05, 3.63) is 11.5 Å². The molecule has 1 fully saturated rings. The van der Waals surface area contributed by atoms with Crippen LogP contribution in [0.15, 0.2) is 11.5 Å². The summed E-state index contributed by atoms with van der Waals surface area (Å²) in [5.41, 5.74) is 0. The molecule has 1 heterocycles. The summed E-state index contributed by atoms with van der Waals surface area (Å²) < 4.78 is 22.9. The molecule has 0 radical (unpaired) electrons. The molecule has 0 bridgehead atoms. The van der Waals surface area contributed by atoms with Gasteiger partial charge in [-0.15, -0.1) is 0 Å². The van der Waals surface area contributed by atoms with Gasteiger partial charge in [-0.25, -0.2) is 8.42 Å². The highest BCUT2D eigenvalue weighted by Gasteiger charge is 2.24. The zero-order valence-corrected chi connectivity index (χ0v) is 8.10. The highest BCUT2D eigenvalue weighted by Crippen LogP contribution is 2.13. The summed E-state index contributed by atoms with van der Waals surface area (Å²) in [5, 5.41) is 4.19. The van der Waals surface area contributed by atoms with Gasteiger partial charge in [0.1, 0.15) is 0 Å². The van der Waals surface area contributed by atoms with Gasteiger partial charge in [0.2, 0.25) is 0 Å². The van der Waals surface area contributed by atoms with Crippen molar-refractivity contribution in [1.82, 2.24) is 5.32 Å². The number of sulfone groups is 1. The fourth-order valence-electron chi connectivity index (χ4n) is 1.40. The monoisotopic (exact) mass is 189 g/mol. The van der Waals surface area contributed by atoms with Gasteiger partial charge in [-0.3, -0.25) is 0 Å². The molecule has 1 rings (SSSR count). The fourth-order valence-corrected chi connectivity index (χ4v) is 2.85. The minimum Gasteiger partial charge on any atom is -0.315 e. The van der Waals surface area contributed by atoms with Gasteiger partial charge in [-0.05, 0) is 26.3 Å². The molecule has 3 nitrogen and oxygen atoms in total. The van der Waals surface area contributed by atoms with Crippen LogP contribution in [0.4, 0.5) is 0 Å². The molecule has 1 aliphatic heterocycles. The van der Waals surface area contributed by atoms with Crippen molar-refractivity contribution >= 4 is 9.84 Å². The van der Waals surface area contributed by atoms with Crippen LogP contribution in [0.3, 0.4) is 0 Å². The second-order valence-corrected chi connectivity index (χ2v) is 5.14. The van der Waals surface area contributed by atoms with E-state index in [1.54, 1.807) is 13.0 Å². The Labute approximate surface area is 73.8 Å². The molecule has 0 aromatic heterocycles. The van der Waals surface area contributed by atoms with Gasteiger partial charge in [0.15, 0.2) is 9.84 Å². The predicted molar refractivity (Wildman–Crippen MR) is 49.6 cm³/mol. The Kier molecular flexibility index (Phi) is 3.29. The van der Waals surface area contributed by atoms with E-state index in [1.807, 2.05) is 0 Å². The first-order valence-corrected chi connectivity index (χ1v) is 5.85. The first-order valence-electron chi connectivity index (χ1n) is 4.24. The molecule has 1 N–H and O–H groups in total. The van der Waals surface area contributed by atoms with Crippen molar-refractivity contribution in [2.45, 2.75) is 25.0 Å². The molecule has 70 valence electrons. The van der Waals surface area contributed by atoms with Gasteiger partial charge in [0, 0.05) is 12.0 Å². The van der Waals surface area contributed by atoms with Crippen LogP contribution in [0.1, 0.15) is 19.8 Å². The number of rotatable bonds is 2. The van der Waals surface area contributed by atoms with Crippen LogP contribution in [-0.2, 0) is 9.84 Å². The highest BCUT2D eigenvalue weighted by molar-refractivity contribution is 7.94. The number of nitrogens with one attached hydrogen (secondary N) is 1. The summed E-state index contributed by atoms with van der Waals surface area (Å²) in [4.78, 5) is 0. The summed E-state index contributed by atoms with van der Waals surface area (Å²) in [6.07, 6.45) is 3.34. The predicted octanol–water partition coefficient (Wildman–Crippen LogP) is 0.687. The lowest BCUT2D eigenvalue weighted by atomic mass is 10.2. The Morgan fingerprint density at radius 2 is 2.25 bits per heavy atom. The van der Waals surface area contributed by atoms with Crippen LogP contribution in [0.5, 0.6) is 0 Å². The molecule has 12 heavy (non-hydrogen) atoms. The Morgan fingerprint density at radius 3 is 2.75 bits per heavy atom. The summed E-state index contributed by atoms with van der Waals surface area (Å²) in [6.45, 7) is 3.28. The minimum absolute atomic E-state index is 0.206. The third-order valence-corrected chi connectivity index (χ3v) is 4.03. The number of allylic oxidation sites excluding steroid dienone is 1. The van der Waals surface area contributed by atoms with Crippen molar-refractivity contribution in [2.75, 3.05) is 13.1 Å². The Bertz CT molecular complexity index is 250. The van der Waals surface area contributed by atoms with E-state index in [4.69, 9.17) is 0 Å². The van der Waals surface area contributed by atoms with E-state index in [9.17, 15) is 8.42 Å². The first kappa shape index (κ1) is 9.74. The van der Waals surface area contributed by atoms with Crippen LogP contribution < -0.4 is 5.32 Å². The van der Waals surface area contributed by atoms with Crippen molar-refractivity contribution in [3.8, 4) is 0 Å². The third kappa shape index (κ3) is 2.32. The smallest absolute Gasteiger partial charge is 0.175 e. The Balaban J connectivity index is 2.67. The van der Waals surface area contributed by atoms with Gasteiger partial charge in [0.25, 0.3) is 0 Å². The summed E-state index contributed by atoms with van der Waals surface area (Å²) in [6, 6.07) is 0. The Morgan fingerprint density at radius 1 is 1.50 bits per heavy atom. The highest BCUT2D eigenvalue weighted by atomic mass is 32.2. The maximum Gasteiger partial charge on any atom is 0.175 e. The van der Waals surface area contributed by atoms with Gasteiger partial charge in [0.05, 0.1) is 5.25 Å². The van der Waals surface area contributed by atoms with Gasteiger partial charge < -0.3 is 5.32 Å². The third-order valence-electron chi connectivity index (χ3n) is 2.04. The number of piperidine rings is 1. The van der Waals surface area contributed by atoms with Crippen LogP contribution >= 0.6 is 0 Å². The average Bonchev–Trinajstić information content (AvgIpc) is 2.06. The fraction of sp³-hybridized carbons (Fsp3) is 0.750. The quantitative estimate of drug-likeness (QED) is 0.695. The van der Waals surface area contributed by atoms with E-state index in [0.29, 0.717) is 6.54 Å². The minimum atomic E-state index is -2.98. The van der Waals surface area contributed by atoms with Gasteiger partial charge in [-0.2, -0.15) is 0 Å². The summed E-state index contributed by atoms with van der Waals surface area (Å²) in [7, 11) is -2.98. The molecule has 0 aromatic carbocycles. The summed E-state index contributed by atoms with van der Waals surface area (Å²) in [5.74, 6) is 0. The summed E-state index contributed by atoms with van der Waals surface area (Å²) >= 11 is 0. The zero-order valence-electron chi connectivity index (χ0n) is 7.29. The van der Waals surface area contributed by atoms with E-state index < -0.39 is 9.84 Å². The molecule has 1 unspecified atom stereocenters. The Hall–Kier alpha value is -0.350. The molecular formula is C8H15NO2S. The largest absolute Gasteiger partial charge is 0.315 e. The van der Waals surface area contributed by atoms with Crippen molar-refractivity contribution in [2.24, 2.45) is 0 Å². The second kappa shape index (κ2) is 4.05. The molecule has 1 saturated heterocycles. The normalized spacial score (nSPS) is 26.2. The van der Waals surface area contributed by atoms with E-state index >= 15 is 0 Å². The lowest BCUT2D eigenvalue weighted by Gasteiger charge is -2.20. The average molecular weight is 189 g/mol. The van der Waals surface area contributed by atoms with Gasteiger partial charge in [-0.1, -0.05) is 6.08 Å². The first-order chi connectivity index (χ1) is 5.67. The van der Waals surface area contributed by atoms with Gasteiger partial charge >= 0.3 is 0 Å². The molecule has 0 amide bonds. The maximum atomic E-state index is 11.5. The van der Waals surface area contributed by atoms with Crippen LogP contribution in [-0.4, -0.2) is 26.8 Å². The van der Waals surface area contributed by atoms with E-state index in [2.05, 4.69) is 5.32 Å². The maximum absolute atomic E-state index is 11.5. The van der Waals surface area contributed by atoms with E-state index in [1.165, 1.54) is 5.41 Å². The van der Waals surface area contributed by atoms with Crippen molar-refractivity contribution < 1.29 is 8.42 Å². The topological polar surface area (TPSA) is 46.2 Å². The van der Waals surface area contributed by atoms with Crippen molar-refractivity contribution in [1.29, 1.82) is 0 Å². The van der Waals surface area contributed by atoms with E-state index in [-0.39, 0.29) is 5.25 Å². The molecule has 0 saturated carbocycles. The van der Waals surface area contributed by atoms with E-state index in [0.717, 1.165) is 19.4 Å². The van der Waals surface area contributed by atoms with Crippen LogP contribution in [0, 0.1) is 0 Å².